The molecule has 0 saturated carbocycles. The Balaban J connectivity index is 1.34. The van der Waals surface area contributed by atoms with Gasteiger partial charge in [-0.3, -0.25) is 4.79 Å². The molecular formula is C18H24FN3O3. The van der Waals surface area contributed by atoms with Crippen molar-refractivity contribution in [2.24, 2.45) is 0 Å². The van der Waals surface area contributed by atoms with Gasteiger partial charge in [0.2, 0.25) is 5.91 Å². The first-order chi connectivity index (χ1) is 12.1. The van der Waals surface area contributed by atoms with Crippen molar-refractivity contribution in [3.05, 3.63) is 30.1 Å². The second-order valence-corrected chi connectivity index (χ2v) is 6.44. The van der Waals surface area contributed by atoms with E-state index in [-0.39, 0.29) is 23.8 Å². The number of nitrogens with one attached hydrogen (secondary N) is 1. The lowest BCUT2D eigenvalue weighted by Crippen LogP contribution is -2.47. The SMILES string of the molecule is O=C(CCCOc1ccc(F)cc1)N1CCC(N2CCNC2=O)CC1. The second-order valence-electron chi connectivity index (χ2n) is 6.44. The highest BCUT2D eigenvalue weighted by Crippen LogP contribution is 2.19. The fourth-order valence-electron chi connectivity index (χ4n) is 3.36. The zero-order chi connectivity index (χ0) is 17.6. The van der Waals surface area contributed by atoms with Crippen molar-refractivity contribution < 1.29 is 18.7 Å². The number of rotatable bonds is 6. The Morgan fingerprint density at radius 3 is 2.56 bits per heavy atom. The summed E-state index contributed by atoms with van der Waals surface area (Å²) < 4.78 is 18.3. The van der Waals surface area contributed by atoms with Gasteiger partial charge in [0.15, 0.2) is 0 Å². The molecule has 3 rings (SSSR count). The number of halogens is 1. The van der Waals surface area contributed by atoms with E-state index in [0.29, 0.717) is 44.8 Å². The zero-order valence-electron chi connectivity index (χ0n) is 14.2. The van der Waals surface area contributed by atoms with Crippen molar-refractivity contribution in [1.29, 1.82) is 0 Å². The molecule has 0 aliphatic carbocycles. The van der Waals surface area contributed by atoms with Crippen molar-refractivity contribution in [2.75, 3.05) is 32.8 Å². The quantitative estimate of drug-likeness (QED) is 0.799. The summed E-state index contributed by atoms with van der Waals surface area (Å²) in [6.07, 6.45) is 2.75. The molecule has 2 saturated heterocycles. The average molecular weight is 349 g/mol. The molecule has 3 amide bonds. The number of piperidine rings is 1. The maximum atomic E-state index is 12.8. The smallest absolute Gasteiger partial charge is 0.317 e. The molecule has 0 spiro atoms. The van der Waals surface area contributed by atoms with E-state index in [1.165, 1.54) is 12.1 Å². The number of carbonyl (C=O) groups is 2. The van der Waals surface area contributed by atoms with E-state index in [4.69, 9.17) is 4.74 Å². The molecule has 2 aliphatic heterocycles. The summed E-state index contributed by atoms with van der Waals surface area (Å²) in [5.41, 5.74) is 0. The Morgan fingerprint density at radius 2 is 1.92 bits per heavy atom. The van der Waals surface area contributed by atoms with E-state index in [1.807, 2.05) is 9.80 Å². The number of ether oxygens (including phenoxy) is 1. The molecule has 0 unspecified atom stereocenters. The number of urea groups is 1. The molecule has 2 heterocycles. The van der Waals surface area contributed by atoms with Crippen LogP contribution in [0.1, 0.15) is 25.7 Å². The number of nitrogens with zero attached hydrogens (tertiary/aromatic N) is 2. The topological polar surface area (TPSA) is 61.9 Å². The van der Waals surface area contributed by atoms with Crippen LogP contribution in [0, 0.1) is 5.82 Å². The van der Waals surface area contributed by atoms with Gasteiger partial charge in [-0.25, -0.2) is 9.18 Å². The van der Waals surface area contributed by atoms with E-state index < -0.39 is 0 Å². The third-order valence-electron chi connectivity index (χ3n) is 4.77. The van der Waals surface area contributed by atoms with Gasteiger partial charge in [0.25, 0.3) is 0 Å². The molecule has 0 atom stereocenters. The fourth-order valence-corrected chi connectivity index (χ4v) is 3.36. The van der Waals surface area contributed by atoms with Crippen molar-refractivity contribution in [3.63, 3.8) is 0 Å². The van der Waals surface area contributed by atoms with Gasteiger partial charge in [0, 0.05) is 38.6 Å². The van der Waals surface area contributed by atoms with Gasteiger partial charge >= 0.3 is 6.03 Å². The summed E-state index contributed by atoms with van der Waals surface area (Å²) in [6, 6.07) is 6.12. The Kier molecular flexibility index (Phi) is 5.73. The molecule has 6 nitrogen and oxygen atoms in total. The van der Waals surface area contributed by atoms with Crippen LogP contribution in [0.15, 0.2) is 24.3 Å². The number of amides is 3. The lowest BCUT2D eigenvalue weighted by molar-refractivity contribution is -0.132. The first-order valence-corrected chi connectivity index (χ1v) is 8.84. The van der Waals surface area contributed by atoms with Gasteiger partial charge in [-0.05, 0) is 43.5 Å². The molecule has 7 heteroatoms. The zero-order valence-corrected chi connectivity index (χ0v) is 14.2. The highest BCUT2D eigenvalue weighted by Gasteiger charge is 2.31. The molecule has 1 aromatic carbocycles. The summed E-state index contributed by atoms with van der Waals surface area (Å²) in [6.45, 7) is 3.31. The van der Waals surface area contributed by atoms with Crippen LogP contribution in [0.4, 0.5) is 9.18 Å². The van der Waals surface area contributed by atoms with Crippen LogP contribution >= 0.6 is 0 Å². The fraction of sp³-hybridized carbons (Fsp3) is 0.556. The van der Waals surface area contributed by atoms with Crippen molar-refractivity contribution in [2.45, 2.75) is 31.7 Å². The normalized spacial score (nSPS) is 18.4. The van der Waals surface area contributed by atoms with Gasteiger partial charge < -0.3 is 19.9 Å². The van der Waals surface area contributed by atoms with Gasteiger partial charge in [-0.15, -0.1) is 0 Å². The van der Waals surface area contributed by atoms with Crippen LogP contribution in [0.25, 0.3) is 0 Å². The Morgan fingerprint density at radius 1 is 1.20 bits per heavy atom. The summed E-state index contributed by atoms with van der Waals surface area (Å²) >= 11 is 0. The third kappa shape index (κ3) is 4.61. The minimum Gasteiger partial charge on any atom is -0.494 e. The monoisotopic (exact) mass is 349 g/mol. The van der Waals surface area contributed by atoms with E-state index in [2.05, 4.69) is 5.32 Å². The molecular weight excluding hydrogens is 325 g/mol. The lowest BCUT2D eigenvalue weighted by atomic mass is 10.0. The molecule has 136 valence electrons. The first kappa shape index (κ1) is 17.5. The molecule has 0 aromatic heterocycles. The van der Waals surface area contributed by atoms with Gasteiger partial charge in [-0.2, -0.15) is 0 Å². The van der Waals surface area contributed by atoms with Crippen LogP contribution < -0.4 is 10.1 Å². The van der Waals surface area contributed by atoms with E-state index in [0.717, 1.165) is 19.4 Å². The standard InChI is InChI=1S/C18H24FN3O3/c19-14-3-5-16(6-4-14)25-13-1-2-17(23)21-10-7-15(8-11-21)22-12-9-20-18(22)24/h3-6,15H,1-2,7-13H2,(H,20,24). The summed E-state index contributed by atoms with van der Waals surface area (Å²) in [7, 11) is 0. The van der Waals surface area contributed by atoms with E-state index in [9.17, 15) is 14.0 Å². The molecule has 2 aliphatic rings. The molecule has 0 bridgehead atoms. The Labute approximate surface area is 146 Å². The summed E-state index contributed by atoms with van der Waals surface area (Å²) in [5.74, 6) is 0.447. The molecule has 25 heavy (non-hydrogen) atoms. The Bertz CT molecular complexity index is 600. The van der Waals surface area contributed by atoms with Gasteiger partial charge in [0.1, 0.15) is 11.6 Å². The van der Waals surface area contributed by atoms with Crippen molar-refractivity contribution >= 4 is 11.9 Å². The van der Waals surface area contributed by atoms with Crippen LogP contribution in [0.2, 0.25) is 0 Å². The van der Waals surface area contributed by atoms with E-state index >= 15 is 0 Å². The molecule has 0 radical (unpaired) electrons. The second kappa shape index (κ2) is 8.18. The van der Waals surface area contributed by atoms with Crippen LogP contribution in [-0.4, -0.2) is 60.6 Å². The molecule has 2 fully saturated rings. The first-order valence-electron chi connectivity index (χ1n) is 8.84. The lowest BCUT2D eigenvalue weighted by Gasteiger charge is -2.36. The largest absolute Gasteiger partial charge is 0.494 e. The van der Waals surface area contributed by atoms with Crippen LogP contribution in [-0.2, 0) is 4.79 Å². The highest BCUT2D eigenvalue weighted by molar-refractivity contribution is 5.77. The van der Waals surface area contributed by atoms with E-state index in [1.54, 1.807) is 12.1 Å². The number of likely N-dealkylation sites (tertiary alicyclic amines) is 1. The molecule has 1 aromatic rings. The van der Waals surface area contributed by atoms with Crippen LogP contribution in [0.3, 0.4) is 0 Å². The number of benzene rings is 1. The van der Waals surface area contributed by atoms with Crippen molar-refractivity contribution in [3.8, 4) is 5.75 Å². The highest BCUT2D eigenvalue weighted by atomic mass is 19.1. The third-order valence-corrected chi connectivity index (χ3v) is 4.77. The predicted octanol–water partition coefficient (Wildman–Crippen LogP) is 2.00. The number of hydrogen-bond donors (Lipinski definition) is 1. The molecule has 1 N–H and O–H groups in total. The number of hydrogen-bond acceptors (Lipinski definition) is 3. The van der Waals surface area contributed by atoms with Crippen LogP contribution in [0.5, 0.6) is 5.75 Å². The minimum absolute atomic E-state index is 0.0164. The maximum Gasteiger partial charge on any atom is 0.317 e. The number of carbonyl (C=O) groups excluding carboxylic acids is 2. The predicted molar refractivity (Wildman–Crippen MR) is 90.8 cm³/mol. The van der Waals surface area contributed by atoms with Crippen molar-refractivity contribution in [1.82, 2.24) is 15.1 Å². The van der Waals surface area contributed by atoms with Gasteiger partial charge in [0.05, 0.1) is 6.61 Å². The summed E-state index contributed by atoms with van der Waals surface area (Å²) in [5, 5.41) is 2.82. The Hall–Kier alpha value is -2.31. The maximum absolute atomic E-state index is 12.8. The average Bonchev–Trinajstić information content (AvgIpc) is 3.06. The summed E-state index contributed by atoms with van der Waals surface area (Å²) in [4.78, 5) is 27.7. The van der Waals surface area contributed by atoms with Gasteiger partial charge in [-0.1, -0.05) is 0 Å². The minimum atomic E-state index is -0.294.